The molecule has 3 heteroatoms. The van der Waals surface area contributed by atoms with Crippen molar-refractivity contribution in [1.29, 1.82) is 0 Å². The molecular weight excluding hydrogens is 348 g/mol. The molecule has 0 atom stereocenters. The first-order valence-electron chi connectivity index (χ1n) is 8.51. The van der Waals surface area contributed by atoms with E-state index in [2.05, 4.69) is 69.2 Å². The van der Waals surface area contributed by atoms with Gasteiger partial charge in [-0.1, -0.05) is 49.6 Å². The normalized spacial score (nSPS) is 16.0. The van der Waals surface area contributed by atoms with Crippen LogP contribution in [0.5, 0.6) is 0 Å². The lowest BCUT2D eigenvalue weighted by Gasteiger charge is -2.22. The summed E-state index contributed by atoms with van der Waals surface area (Å²) in [5, 5.41) is 0. The van der Waals surface area contributed by atoms with Gasteiger partial charge >= 0.3 is 0 Å². The minimum absolute atomic E-state index is 0.663. The number of halogens is 1. The molecule has 0 N–H and O–H groups in total. The van der Waals surface area contributed by atoms with Crippen molar-refractivity contribution in [1.82, 2.24) is 9.55 Å². The summed E-state index contributed by atoms with van der Waals surface area (Å²) in [5.74, 6) is 1.76. The summed E-state index contributed by atoms with van der Waals surface area (Å²) in [7, 11) is 0. The largest absolute Gasteiger partial charge is 0.328 e. The van der Waals surface area contributed by atoms with Crippen molar-refractivity contribution in [2.45, 2.75) is 44.6 Å². The lowest BCUT2D eigenvalue weighted by atomic mass is 9.83. The number of aromatic nitrogens is 2. The Morgan fingerprint density at radius 2 is 1.78 bits per heavy atom. The van der Waals surface area contributed by atoms with Gasteiger partial charge in [0.1, 0.15) is 10.4 Å². The molecule has 2 heterocycles. The van der Waals surface area contributed by atoms with Gasteiger partial charge < -0.3 is 4.57 Å². The van der Waals surface area contributed by atoms with Crippen LogP contribution in [-0.4, -0.2) is 9.55 Å². The molecule has 0 saturated heterocycles. The van der Waals surface area contributed by atoms with Crippen molar-refractivity contribution in [2.24, 2.45) is 0 Å². The van der Waals surface area contributed by atoms with Gasteiger partial charge in [0.25, 0.3) is 0 Å². The molecule has 1 saturated carbocycles. The van der Waals surface area contributed by atoms with E-state index < -0.39 is 0 Å². The van der Waals surface area contributed by atoms with Crippen molar-refractivity contribution in [3.63, 3.8) is 0 Å². The summed E-state index contributed by atoms with van der Waals surface area (Å²) in [4.78, 5) is 4.86. The van der Waals surface area contributed by atoms with Gasteiger partial charge in [-0.3, -0.25) is 0 Å². The Morgan fingerprint density at radius 1 is 1.00 bits per heavy atom. The van der Waals surface area contributed by atoms with E-state index in [1.807, 2.05) is 0 Å². The quantitative estimate of drug-likeness (QED) is 0.567. The molecule has 0 spiro atoms. The molecule has 1 fully saturated rings. The zero-order valence-corrected chi connectivity index (χ0v) is 14.8. The van der Waals surface area contributed by atoms with E-state index >= 15 is 0 Å². The van der Waals surface area contributed by atoms with E-state index in [0.717, 1.165) is 17.0 Å². The maximum Gasteiger partial charge on any atom is 0.141 e. The van der Waals surface area contributed by atoms with Crippen LogP contribution in [0.2, 0.25) is 0 Å². The van der Waals surface area contributed by atoms with Gasteiger partial charge in [0.2, 0.25) is 0 Å². The number of benzene rings is 1. The predicted molar refractivity (Wildman–Crippen MR) is 97.9 cm³/mol. The zero-order valence-electron chi connectivity index (χ0n) is 13.2. The molecule has 0 unspecified atom stereocenters. The van der Waals surface area contributed by atoms with Gasteiger partial charge in [-0.05, 0) is 57.9 Å². The molecule has 118 valence electrons. The smallest absolute Gasteiger partial charge is 0.141 e. The molecule has 4 rings (SSSR count). The maximum atomic E-state index is 4.86. The lowest BCUT2D eigenvalue weighted by Crippen LogP contribution is -2.07. The minimum atomic E-state index is 0.663. The number of pyridine rings is 1. The van der Waals surface area contributed by atoms with Crippen LogP contribution in [0.4, 0.5) is 0 Å². The number of hydrogen-bond donors (Lipinski definition) is 0. The van der Waals surface area contributed by atoms with Gasteiger partial charge in [-0.25, -0.2) is 4.98 Å². The lowest BCUT2D eigenvalue weighted by molar-refractivity contribution is 0.443. The highest BCUT2D eigenvalue weighted by molar-refractivity contribution is 9.10. The molecule has 2 nitrogen and oxygen atoms in total. The Morgan fingerprint density at radius 3 is 2.57 bits per heavy atom. The number of rotatable bonds is 3. The average Bonchev–Trinajstić information content (AvgIpc) is 2.94. The number of nitrogens with zero attached hydrogens (tertiary/aromatic N) is 2. The summed E-state index contributed by atoms with van der Waals surface area (Å²) in [6.45, 7) is 0.867. The van der Waals surface area contributed by atoms with Crippen LogP contribution in [0.25, 0.3) is 11.4 Å². The molecule has 0 bridgehead atoms. The molecule has 0 amide bonds. The highest BCUT2D eigenvalue weighted by atomic mass is 79.9. The van der Waals surface area contributed by atoms with Gasteiger partial charge in [-0.2, -0.15) is 0 Å². The molecule has 1 aromatic rings. The van der Waals surface area contributed by atoms with Crippen LogP contribution >= 0.6 is 15.9 Å². The number of fused-ring (bicyclic) bond motifs is 1. The van der Waals surface area contributed by atoms with Gasteiger partial charge in [0.05, 0.1) is 0 Å². The fraction of sp³-hybridized carbons (Fsp3) is 0.350. The molecule has 23 heavy (non-hydrogen) atoms. The van der Waals surface area contributed by atoms with Crippen LogP contribution in [0.3, 0.4) is 0 Å². The highest BCUT2D eigenvalue weighted by Gasteiger charge is 2.26. The topological polar surface area (TPSA) is 17.8 Å². The zero-order chi connectivity index (χ0) is 15.6. The summed E-state index contributed by atoms with van der Waals surface area (Å²) in [6.07, 6.45) is 8.81. The third-order valence-corrected chi connectivity index (χ3v) is 5.57. The molecule has 3 aliphatic rings. The monoisotopic (exact) mass is 368 g/mol. The SMILES string of the molecule is Brc1nc2n(Cc3ccccc3)cccc-2c1C1CCCCC1. The van der Waals surface area contributed by atoms with E-state index in [1.54, 1.807) is 0 Å². The Bertz CT molecular complexity index is 757. The molecule has 1 aliphatic carbocycles. The summed E-state index contributed by atoms with van der Waals surface area (Å²) in [5.41, 5.74) is 4.06. The van der Waals surface area contributed by atoms with Crippen LogP contribution in [0.1, 0.15) is 49.1 Å². The first-order chi connectivity index (χ1) is 11.3. The standard InChI is InChI=1S/C20H21BrN2/c21-19-18(16-10-5-2-6-11-16)17-12-7-13-23(20(17)22-19)14-15-8-3-1-4-9-15/h1,3-4,7-9,12-13,16H,2,5-6,10-11,14H2. The molecule has 0 aromatic heterocycles. The summed E-state index contributed by atoms with van der Waals surface area (Å²) < 4.78 is 3.31. The van der Waals surface area contributed by atoms with E-state index in [4.69, 9.17) is 4.98 Å². The van der Waals surface area contributed by atoms with Crippen molar-refractivity contribution < 1.29 is 0 Å². The fourth-order valence-corrected chi connectivity index (χ4v) is 4.53. The van der Waals surface area contributed by atoms with E-state index in [9.17, 15) is 0 Å². The van der Waals surface area contributed by atoms with E-state index in [0.29, 0.717) is 5.92 Å². The fourth-order valence-electron chi connectivity index (χ4n) is 3.83. The Balaban J connectivity index is 1.71. The summed E-state index contributed by atoms with van der Waals surface area (Å²) in [6, 6.07) is 15.0. The predicted octanol–water partition coefficient (Wildman–Crippen LogP) is 5.85. The second kappa shape index (κ2) is 6.48. The Kier molecular flexibility index (Phi) is 4.21. The van der Waals surface area contributed by atoms with E-state index in [-0.39, 0.29) is 0 Å². The maximum absolute atomic E-state index is 4.86. The molecule has 0 radical (unpaired) electrons. The van der Waals surface area contributed by atoms with Crippen LogP contribution in [-0.2, 0) is 6.54 Å². The molecular formula is C20H21BrN2. The number of hydrogen-bond acceptors (Lipinski definition) is 1. The van der Waals surface area contributed by atoms with Gasteiger partial charge in [0.15, 0.2) is 0 Å². The average molecular weight is 369 g/mol. The second-order valence-corrected chi connectivity index (χ2v) is 7.26. The third kappa shape index (κ3) is 2.94. The van der Waals surface area contributed by atoms with Crippen molar-refractivity contribution in [3.05, 3.63) is 64.4 Å². The van der Waals surface area contributed by atoms with Gasteiger partial charge in [0, 0.05) is 18.3 Å². The Labute approximate surface area is 146 Å². The minimum Gasteiger partial charge on any atom is -0.328 e. The summed E-state index contributed by atoms with van der Waals surface area (Å²) >= 11 is 3.74. The third-order valence-electron chi connectivity index (χ3n) is 4.97. The molecule has 1 aromatic carbocycles. The second-order valence-electron chi connectivity index (χ2n) is 6.51. The molecule has 2 aliphatic heterocycles. The van der Waals surface area contributed by atoms with Gasteiger partial charge in [-0.15, -0.1) is 0 Å². The highest BCUT2D eigenvalue weighted by Crippen LogP contribution is 2.43. The van der Waals surface area contributed by atoms with Crippen LogP contribution in [0.15, 0.2) is 53.3 Å². The van der Waals surface area contributed by atoms with Crippen LogP contribution in [0, 0.1) is 0 Å². The van der Waals surface area contributed by atoms with Crippen molar-refractivity contribution >= 4 is 15.9 Å². The first kappa shape index (κ1) is 14.9. The van der Waals surface area contributed by atoms with Crippen LogP contribution < -0.4 is 0 Å². The first-order valence-corrected chi connectivity index (χ1v) is 9.30. The Hall–Kier alpha value is -1.61. The van der Waals surface area contributed by atoms with E-state index in [1.165, 1.54) is 48.8 Å². The van der Waals surface area contributed by atoms with Crippen molar-refractivity contribution in [2.75, 3.05) is 0 Å². The van der Waals surface area contributed by atoms with Crippen molar-refractivity contribution in [3.8, 4) is 11.4 Å².